The van der Waals surface area contributed by atoms with Crippen LogP contribution in [0.5, 0.6) is 11.5 Å². The van der Waals surface area contributed by atoms with E-state index in [4.69, 9.17) is 9.47 Å². The van der Waals surface area contributed by atoms with E-state index >= 15 is 0 Å². The maximum atomic E-state index is 12.7. The van der Waals surface area contributed by atoms with Gasteiger partial charge in [-0.3, -0.25) is 14.5 Å². The van der Waals surface area contributed by atoms with Crippen molar-refractivity contribution in [3.05, 3.63) is 35.9 Å². The first-order valence-corrected chi connectivity index (χ1v) is 8.38. The van der Waals surface area contributed by atoms with Gasteiger partial charge in [-0.05, 0) is 42.4 Å². The zero-order chi connectivity index (χ0) is 16.8. The quantitative estimate of drug-likeness (QED) is 0.613. The second-order valence-electron chi connectivity index (χ2n) is 6.77. The molecule has 2 fully saturated rings. The number of ether oxygens (including phenoxy) is 2. The van der Waals surface area contributed by atoms with E-state index in [-0.39, 0.29) is 35.5 Å². The van der Waals surface area contributed by atoms with Gasteiger partial charge in [0.25, 0.3) is 0 Å². The Morgan fingerprint density at radius 1 is 1.00 bits per heavy atom. The Balaban J connectivity index is 1.47. The highest BCUT2D eigenvalue weighted by Crippen LogP contribution is 2.52. The summed E-state index contributed by atoms with van der Waals surface area (Å²) in [5.74, 6) is 1.67. The molecule has 2 aliphatic carbocycles. The number of allylic oxidation sites excluding steroid dienone is 2. The Bertz CT molecular complexity index is 696. The molecule has 0 spiro atoms. The van der Waals surface area contributed by atoms with Crippen molar-refractivity contribution in [1.29, 1.82) is 0 Å². The molecule has 1 saturated heterocycles. The van der Waals surface area contributed by atoms with Crippen LogP contribution < -0.4 is 9.47 Å². The summed E-state index contributed by atoms with van der Waals surface area (Å²) in [7, 11) is 3.19. The lowest BCUT2D eigenvalue weighted by atomic mass is 9.85. The van der Waals surface area contributed by atoms with Crippen LogP contribution in [-0.4, -0.2) is 37.5 Å². The Hall–Kier alpha value is -2.30. The lowest BCUT2D eigenvalue weighted by Gasteiger charge is -2.17. The van der Waals surface area contributed by atoms with Crippen molar-refractivity contribution in [2.45, 2.75) is 12.8 Å². The minimum atomic E-state index is -0.113. The third-order valence-corrected chi connectivity index (χ3v) is 5.63. The first-order valence-electron chi connectivity index (χ1n) is 8.38. The van der Waals surface area contributed by atoms with E-state index in [1.165, 1.54) is 4.90 Å². The smallest absolute Gasteiger partial charge is 0.233 e. The molecule has 0 radical (unpaired) electrons. The standard InChI is InChI=1S/C19H21NO4/c1-23-14-6-3-11(9-15(14)24-2)7-8-20-18(21)16-12-4-5-13(10-12)17(16)19(20)22/h3-6,9,12-13,16-17H,7-8,10H2,1-2H3/t12-,13-,16+,17+/m1/s1. The minimum absolute atomic E-state index is 0.0160. The molecule has 3 aliphatic rings. The first-order chi connectivity index (χ1) is 11.6. The summed E-state index contributed by atoms with van der Waals surface area (Å²) in [6, 6.07) is 5.69. The molecular weight excluding hydrogens is 306 g/mol. The number of imide groups is 1. The highest BCUT2D eigenvalue weighted by Gasteiger charge is 2.58. The lowest BCUT2D eigenvalue weighted by Crippen LogP contribution is -2.34. The van der Waals surface area contributed by atoms with E-state index in [2.05, 4.69) is 12.2 Å². The highest BCUT2D eigenvalue weighted by molar-refractivity contribution is 6.06. The minimum Gasteiger partial charge on any atom is -0.493 e. The molecule has 24 heavy (non-hydrogen) atoms. The number of rotatable bonds is 5. The number of benzene rings is 1. The van der Waals surface area contributed by atoms with E-state index in [9.17, 15) is 9.59 Å². The molecule has 1 saturated carbocycles. The summed E-state index contributed by atoms with van der Waals surface area (Å²) >= 11 is 0. The Labute approximate surface area is 141 Å². The van der Waals surface area contributed by atoms with Gasteiger partial charge in [0.05, 0.1) is 26.1 Å². The molecule has 0 unspecified atom stereocenters. The van der Waals surface area contributed by atoms with Crippen LogP contribution in [-0.2, 0) is 16.0 Å². The molecule has 4 atom stereocenters. The molecule has 1 aromatic carbocycles. The number of methoxy groups -OCH3 is 2. The maximum absolute atomic E-state index is 12.7. The molecule has 1 aromatic rings. The number of nitrogens with zero attached hydrogens (tertiary/aromatic N) is 1. The summed E-state index contributed by atoms with van der Waals surface area (Å²) in [6.07, 6.45) is 5.83. The van der Waals surface area contributed by atoms with Gasteiger partial charge in [-0.15, -0.1) is 0 Å². The summed E-state index contributed by atoms with van der Waals surface area (Å²) in [5, 5.41) is 0. The second kappa shape index (κ2) is 5.65. The van der Waals surface area contributed by atoms with Crippen molar-refractivity contribution in [1.82, 2.24) is 4.90 Å². The average Bonchev–Trinajstić information content (AvgIpc) is 3.27. The van der Waals surface area contributed by atoms with Crippen LogP contribution >= 0.6 is 0 Å². The predicted molar refractivity (Wildman–Crippen MR) is 87.7 cm³/mol. The van der Waals surface area contributed by atoms with Gasteiger partial charge in [-0.1, -0.05) is 18.2 Å². The molecule has 126 valence electrons. The topological polar surface area (TPSA) is 55.8 Å². The highest BCUT2D eigenvalue weighted by atomic mass is 16.5. The Kier molecular flexibility index (Phi) is 3.59. The summed E-state index contributed by atoms with van der Waals surface area (Å²) in [4.78, 5) is 26.8. The van der Waals surface area contributed by atoms with Crippen molar-refractivity contribution in [3.63, 3.8) is 0 Å². The number of fused-ring (bicyclic) bond motifs is 5. The fraction of sp³-hybridized carbons (Fsp3) is 0.474. The van der Waals surface area contributed by atoms with Crippen molar-refractivity contribution in [2.75, 3.05) is 20.8 Å². The monoisotopic (exact) mass is 327 g/mol. The normalized spacial score (nSPS) is 30.2. The number of amides is 2. The van der Waals surface area contributed by atoms with Crippen molar-refractivity contribution in [2.24, 2.45) is 23.7 Å². The van der Waals surface area contributed by atoms with Crippen LogP contribution in [0.15, 0.2) is 30.4 Å². The van der Waals surface area contributed by atoms with E-state index in [0.29, 0.717) is 24.5 Å². The predicted octanol–water partition coefficient (Wildman–Crippen LogP) is 2.05. The molecule has 2 bridgehead atoms. The van der Waals surface area contributed by atoms with Crippen molar-refractivity contribution in [3.8, 4) is 11.5 Å². The van der Waals surface area contributed by atoms with E-state index in [1.54, 1.807) is 14.2 Å². The summed E-state index contributed by atoms with van der Waals surface area (Å²) < 4.78 is 10.5. The fourth-order valence-corrected chi connectivity index (χ4v) is 4.46. The molecule has 0 aromatic heterocycles. The molecular formula is C19H21NO4. The summed E-state index contributed by atoms with van der Waals surface area (Å²) in [6.45, 7) is 0.430. The third-order valence-electron chi connectivity index (χ3n) is 5.63. The number of hydrogen-bond acceptors (Lipinski definition) is 4. The van der Waals surface area contributed by atoms with Crippen LogP contribution in [0.1, 0.15) is 12.0 Å². The van der Waals surface area contributed by atoms with Gasteiger partial charge < -0.3 is 9.47 Å². The number of hydrogen-bond donors (Lipinski definition) is 0. The SMILES string of the molecule is COc1ccc(CCN2C(=O)[C@@H]3[C@@H](C2=O)[C@@H]2C=C[C@@H]3C2)cc1OC. The Morgan fingerprint density at radius 2 is 1.62 bits per heavy atom. The zero-order valence-corrected chi connectivity index (χ0v) is 13.9. The van der Waals surface area contributed by atoms with Gasteiger partial charge in [0.15, 0.2) is 11.5 Å². The maximum Gasteiger partial charge on any atom is 0.233 e. The van der Waals surface area contributed by atoms with Crippen LogP contribution in [0.4, 0.5) is 0 Å². The van der Waals surface area contributed by atoms with Gasteiger partial charge in [-0.2, -0.15) is 0 Å². The molecule has 5 nitrogen and oxygen atoms in total. The molecule has 1 aliphatic heterocycles. The van der Waals surface area contributed by atoms with E-state index in [1.807, 2.05) is 18.2 Å². The van der Waals surface area contributed by atoms with E-state index in [0.717, 1.165) is 12.0 Å². The molecule has 2 amide bonds. The molecule has 4 rings (SSSR count). The first kappa shape index (κ1) is 15.2. The third kappa shape index (κ3) is 2.14. The number of carbonyl (C=O) groups is 2. The average molecular weight is 327 g/mol. The van der Waals surface area contributed by atoms with Crippen molar-refractivity contribution < 1.29 is 19.1 Å². The molecule has 5 heteroatoms. The van der Waals surface area contributed by atoms with Crippen LogP contribution in [0, 0.1) is 23.7 Å². The Morgan fingerprint density at radius 3 is 2.21 bits per heavy atom. The largest absolute Gasteiger partial charge is 0.493 e. The van der Waals surface area contributed by atoms with Crippen LogP contribution in [0.25, 0.3) is 0 Å². The van der Waals surface area contributed by atoms with Crippen LogP contribution in [0.3, 0.4) is 0 Å². The summed E-state index contributed by atoms with van der Waals surface area (Å²) in [5.41, 5.74) is 1.02. The van der Waals surface area contributed by atoms with Gasteiger partial charge in [0.1, 0.15) is 0 Å². The van der Waals surface area contributed by atoms with Crippen LogP contribution in [0.2, 0.25) is 0 Å². The lowest BCUT2D eigenvalue weighted by molar-refractivity contribution is -0.140. The van der Waals surface area contributed by atoms with Gasteiger partial charge in [-0.25, -0.2) is 0 Å². The van der Waals surface area contributed by atoms with Crippen molar-refractivity contribution >= 4 is 11.8 Å². The number of likely N-dealkylation sites (tertiary alicyclic amines) is 1. The number of carbonyl (C=O) groups excluding carboxylic acids is 2. The van der Waals surface area contributed by atoms with Gasteiger partial charge in [0, 0.05) is 6.54 Å². The zero-order valence-electron chi connectivity index (χ0n) is 13.9. The van der Waals surface area contributed by atoms with Gasteiger partial charge in [0.2, 0.25) is 11.8 Å². The van der Waals surface area contributed by atoms with E-state index < -0.39 is 0 Å². The second-order valence-corrected chi connectivity index (χ2v) is 6.77. The van der Waals surface area contributed by atoms with Gasteiger partial charge >= 0.3 is 0 Å². The fourth-order valence-electron chi connectivity index (χ4n) is 4.46. The molecule has 0 N–H and O–H groups in total. The molecule has 1 heterocycles.